The van der Waals surface area contributed by atoms with Crippen LogP contribution in [0.3, 0.4) is 0 Å². The number of carboxylic acids is 1. The summed E-state index contributed by atoms with van der Waals surface area (Å²) >= 11 is 0. The number of sulfone groups is 1. The maximum atomic E-state index is 13.1. The lowest BCUT2D eigenvalue weighted by molar-refractivity contribution is -0.172. The fraction of sp³-hybridized carbons (Fsp3) is 0.382. The zero-order valence-electron chi connectivity index (χ0n) is 22.8. The zero-order chi connectivity index (χ0) is 28.2. The van der Waals surface area contributed by atoms with Crippen LogP contribution in [0, 0.1) is 5.92 Å². The van der Waals surface area contributed by atoms with Crippen LogP contribution in [0.1, 0.15) is 85.3 Å². The molecule has 4 fully saturated rings. The van der Waals surface area contributed by atoms with E-state index in [4.69, 9.17) is 9.47 Å². The quantitative estimate of drug-likeness (QED) is 0.294. The molecule has 3 atom stereocenters. The van der Waals surface area contributed by atoms with Crippen LogP contribution < -0.4 is 0 Å². The van der Waals surface area contributed by atoms with Gasteiger partial charge in [-0.05, 0) is 78.3 Å². The van der Waals surface area contributed by atoms with E-state index >= 15 is 0 Å². The largest absolute Gasteiger partial charge is 0.478 e. The van der Waals surface area contributed by atoms with Gasteiger partial charge in [0.1, 0.15) is 12.2 Å². The molecular formula is C34H34O6S. The molecular weight excluding hydrogens is 536 g/mol. The lowest BCUT2D eigenvalue weighted by atomic mass is 9.96. The molecule has 1 saturated heterocycles. The van der Waals surface area contributed by atoms with Crippen LogP contribution >= 0.6 is 0 Å². The van der Waals surface area contributed by atoms with E-state index < -0.39 is 21.6 Å². The first-order valence-corrected chi connectivity index (χ1v) is 16.2. The van der Waals surface area contributed by atoms with Crippen LogP contribution in [0.5, 0.6) is 0 Å². The predicted octanol–water partition coefficient (Wildman–Crippen LogP) is 6.99. The lowest BCUT2D eigenvalue weighted by Crippen LogP contribution is -2.26. The highest BCUT2D eigenvalue weighted by Crippen LogP contribution is 2.55. The number of hydrogen-bond acceptors (Lipinski definition) is 5. The SMILES string of the molecule is O=C(O)/C(=C/[C@H]1CCC2(C1)O[C@H](c1ccccc1)[C@@H](c1ccccc1)O2)c1ccc(S(=O)(=O)C2CC2)c(C2CC2)c1. The third-order valence-corrected chi connectivity index (χ3v) is 11.3. The summed E-state index contributed by atoms with van der Waals surface area (Å²) in [5.74, 6) is -1.67. The van der Waals surface area contributed by atoms with Gasteiger partial charge in [0, 0.05) is 12.8 Å². The second-order valence-corrected chi connectivity index (χ2v) is 14.2. The Balaban J connectivity index is 1.17. The average Bonchev–Trinajstić information content (AvgIpc) is 3.93. The lowest BCUT2D eigenvalue weighted by Gasteiger charge is -2.23. The van der Waals surface area contributed by atoms with Crippen molar-refractivity contribution in [1.29, 1.82) is 0 Å². The highest BCUT2D eigenvalue weighted by atomic mass is 32.2. The van der Waals surface area contributed by atoms with E-state index in [-0.39, 0.29) is 34.9 Å². The molecule has 0 bridgehead atoms. The van der Waals surface area contributed by atoms with Crippen molar-refractivity contribution in [3.63, 3.8) is 0 Å². The summed E-state index contributed by atoms with van der Waals surface area (Å²) in [5, 5.41) is 9.96. The predicted molar refractivity (Wildman–Crippen MR) is 155 cm³/mol. The fourth-order valence-corrected chi connectivity index (χ4v) is 8.45. The van der Waals surface area contributed by atoms with Gasteiger partial charge in [0.2, 0.25) is 0 Å². The normalized spacial score (nSPS) is 26.0. The van der Waals surface area contributed by atoms with Crippen LogP contribution in [-0.4, -0.2) is 30.5 Å². The molecule has 41 heavy (non-hydrogen) atoms. The summed E-state index contributed by atoms with van der Waals surface area (Å²) in [6.07, 6.45) is 6.56. The number of rotatable bonds is 8. The minimum Gasteiger partial charge on any atom is -0.478 e. The topological polar surface area (TPSA) is 89.9 Å². The molecule has 1 spiro atoms. The number of aliphatic carboxylic acids is 1. The van der Waals surface area contributed by atoms with Crippen LogP contribution in [0.2, 0.25) is 0 Å². The monoisotopic (exact) mass is 570 g/mol. The summed E-state index contributed by atoms with van der Waals surface area (Å²) < 4.78 is 39.6. The van der Waals surface area contributed by atoms with Gasteiger partial charge in [-0.25, -0.2) is 13.2 Å². The first-order valence-electron chi connectivity index (χ1n) is 14.6. The molecule has 3 saturated carbocycles. The van der Waals surface area contributed by atoms with Crippen LogP contribution in [-0.2, 0) is 24.1 Å². The van der Waals surface area contributed by atoms with Gasteiger partial charge >= 0.3 is 5.97 Å². The summed E-state index contributed by atoms with van der Waals surface area (Å²) in [6.45, 7) is 0. The zero-order valence-corrected chi connectivity index (χ0v) is 23.6. The van der Waals surface area contributed by atoms with Gasteiger partial charge in [0.25, 0.3) is 0 Å². The van der Waals surface area contributed by atoms with Crippen molar-refractivity contribution in [3.05, 3.63) is 107 Å². The molecule has 1 heterocycles. The third-order valence-electron chi connectivity index (χ3n) is 8.92. The number of allylic oxidation sites excluding steroid dienone is 1. The third kappa shape index (κ3) is 5.16. The first-order chi connectivity index (χ1) is 19.8. The van der Waals surface area contributed by atoms with E-state index in [1.54, 1.807) is 12.1 Å². The van der Waals surface area contributed by atoms with Crippen LogP contribution in [0.4, 0.5) is 0 Å². The Morgan fingerprint density at radius 1 is 0.829 bits per heavy atom. The van der Waals surface area contributed by atoms with Gasteiger partial charge in [0.05, 0.1) is 15.7 Å². The smallest absolute Gasteiger partial charge is 0.335 e. The summed E-state index contributed by atoms with van der Waals surface area (Å²) in [4.78, 5) is 12.9. The molecule has 7 heteroatoms. The second kappa shape index (κ2) is 10.2. The van der Waals surface area contributed by atoms with E-state index in [9.17, 15) is 18.3 Å². The number of carboxylic acid groups (broad SMARTS) is 1. The highest BCUT2D eigenvalue weighted by Gasteiger charge is 2.52. The van der Waals surface area contributed by atoms with Crippen molar-refractivity contribution in [2.24, 2.45) is 5.92 Å². The second-order valence-electron chi connectivity index (χ2n) is 12.0. The Bertz CT molecular complexity index is 1540. The van der Waals surface area contributed by atoms with Crippen molar-refractivity contribution >= 4 is 21.4 Å². The molecule has 4 aliphatic rings. The summed E-state index contributed by atoms with van der Waals surface area (Å²) in [7, 11) is -3.36. The molecule has 0 aromatic heterocycles. The first kappa shape index (κ1) is 26.6. The van der Waals surface area contributed by atoms with Crippen molar-refractivity contribution in [2.45, 2.75) is 79.0 Å². The minimum absolute atomic E-state index is 0.0497. The Morgan fingerprint density at radius 2 is 1.44 bits per heavy atom. The number of hydrogen-bond donors (Lipinski definition) is 1. The van der Waals surface area contributed by atoms with Gasteiger partial charge in [-0.3, -0.25) is 0 Å². The Hall–Kier alpha value is -3.26. The molecule has 0 radical (unpaired) electrons. The molecule has 212 valence electrons. The Kier molecular flexibility index (Phi) is 6.64. The minimum atomic E-state index is -3.36. The highest BCUT2D eigenvalue weighted by molar-refractivity contribution is 7.92. The molecule has 1 aliphatic heterocycles. The summed E-state index contributed by atoms with van der Waals surface area (Å²) in [6, 6.07) is 25.3. The maximum absolute atomic E-state index is 13.1. The summed E-state index contributed by atoms with van der Waals surface area (Å²) in [5.41, 5.74) is 3.66. The van der Waals surface area contributed by atoms with Gasteiger partial charge in [-0.2, -0.15) is 0 Å². The van der Waals surface area contributed by atoms with E-state index in [0.717, 1.165) is 36.0 Å². The molecule has 1 N–H and O–H groups in total. The van der Waals surface area contributed by atoms with Crippen molar-refractivity contribution < 1.29 is 27.8 Å². The van der Waals surface area contributed by atoms with Gasteiger partial charge in [-0.1, -0.05) is 72.8 Å². The van der Waals surface area contributed by atoms with Crippen LogP contribution in [0.15, 0.2) is 89.8 Å². The Morgan fingerprint density at radius 3 is 1.98 bits per heavy atom. The van der Waals surface area contributed by atoms with E-state index in [2.05, 4.69) is 24.3 Å². The van der Waals surface area contributed by atoms with E-state index in [0.29, 0.717) is 36.1 Å². The average molecular weight is 571 g/mol. The van der Waals surface area contributed by atoms with Crippen molar-refractivity contribution in [3.8, 4) is 0 Å². The van der Waals surface area contributed by atoms with Gasteiger partial charge in [-0.15, -0.1) is 0 Å². The van der Waals surface area contributed by atoms with Gasteiger partial charge in [0.15, 0.2) is 15.6 Å². The standard InChI is InChI=1S/C34H34O6S/c35-33(36)29(26-13-16-30(28(20-26)23-11-12-23)41(37,38)27-14-15-27)19-22-17-18-34(21-22)39-31(24-7-3-1-4-8-24)32(40-34)25-9-5-2-6-10-25/h1-10,13,16,19-20,22-23,27,31-32H,11-12,14-15,17-18,21H2,(H,35,36)/b29-19+/t22-,31-,32-/m1/s1. The van der Waals surface area contributed by atoms with Crippen LogP contribution in [0.25, 0.3) is 5.57 Å². The fourth-order valence-electron chi connectivity index (χ4n) is 6.52. The molecule has 3 aliphatic carbocycles. The molecule has 3 aromatic carbocycles. The molecule has 7 rings (SSSR count). The number of ether oxygens (including phenoxy) is 2. The van der Waals surface area contributed by atoms with E-state index in [1.165, 1.54) is 0 Å². The molecule has 0 unspecified atom stereocenters. The Labute approximate surface area is 240 Å². The molecule has 0 amide bonds. The van der Waals surface area contributed by atoms with E-state index in [1.807, 2.05) is 48.5 Å². The maximum Gasteiger partial charge on any atom is 0.335 e. The van der Waals surface area contributed by atoms with Crippen molar-refractivity contribution in [1.82, 2.24) is 0 Å². The molecule has 6 nitrogen and oxygen atoms in total. The molecule has 3 aromatic rings. The number of benzene rings is 3. The number of carbonyl (C=O) groups is 1. The van der Waals surface area contributed by atoms with Crippen molar-refractivity contribution in [2.75, 3.05) is 0 Å². The van der Waals surface area contributed by atoms with Gasteiger partial charge < -0.3 is 14.6 Å².